The molecule has 1 heterocycles. The highest BCUT2D eigenvalue weighted by atomic mass is 31.1. The monoisotopic (exact) mass is 433 g/mol. The Bertz CT molecular complexity index is 980. The number of carboxylic acid groups (broad SMARTS) is 1. The van der Waals surface area contributed by atoms with Crippen LogP contribution in [0.4, 0.5) is 4.39 Å². The lowest BCUT2D eigenvalue weighted by molar-refractivity contribution is -0.138. The first-order valence-electron chi connectivity index (χ1n) is 9.49. The maximum absolute atomic E-state index is 13.3. The number of hydrogen-bond acceptors (Lipinski definition) is 5. The molecule has 1 aromatic heterocycles. The smallest absolute Gasteiger partial charge is 0.305 e. The lowest BCUT2D eigenvalue weighted by Crippen LogP contribution is -2.15. The Morgan fingerprint density at radius 3 is 2.57 bits per heavy atom. The highest BCUT2D eigenvalue weighted by molar-refractivity contribution is 7.39. The van der Waals surface area contributed by atoms with Gasteiger partial charge in [-0.25, -0.2) is 4.39 Å². The summed E-state index contributed by atoms with van der Waals surface area (Å²) in [5, 5.41) is 18.1. The number of carboxylic acids is 1. The molecule has 2 aromatic rings. The second-order valence-corrected chi connectivity index (χ2v) is 8.59. The van der Waals surface area contributed by atoms with Crippen LogP contribution >= 0.6 is 8.03 Å². The molecule has 160 valence electrons. The van der Waals surface area contributed by atoms with E-state index >= 15 is 0 Å². The van der Waals surface area contributed by atoms with Crippen LogP contribution in [0.2, 0.25) is 0 Å². The first-order valence-corrected chi connectivity index (χ1v) is 11.0. The van der Waals surface area contributed by atoms with Crippen molar-refractivity contribution in [3.8, 4) is 23.0 Å². The van der Waals surface area contributed by atoms with E-state index in [9.17, 15) is 18.9 Å². The molecule has 0 saturated carbocycles. The van der Waals surface area contributed by atoms with Gasteiger partial charge in [-0.3, -0.25) is 14.3 Å². The average Bonchev–Trinajstić information content (AvgIpc) is 2.65. The van der Waals surface area contributed by atoms with Gasteiger partial charge in [-0.05, 0) is 36.6 Å². The number of aliphatic hydroxyl groups excluding tert-OH is 1. The van der Waals surface area contributed by atoms with Crippen LogP contribution in [0.3, 0.4) is 0 Å². The SMILES string of the molecule is Cc1cc(-c2ccc(F)cc2)c(C#CCO[PH](=O)C[C@@H](O)CC(=O)O)c(C(C)C)n1. The number of rotatable bonds is 8. The van der Waals surface area contributed by atoms with Crippen molar-refractivity contribution in [1.82, 2.24) is 4.98 Å². The van der Waals surface area contributed by atoms with Crippen LogP contribution in [-0.2, 0) is 13.9 Å². The van der Waals surface area contributed by atoms with Gasteiger partial charge in [-0.1, -0.05) is 37.8 Å². The number of aromatic nitrogens is 1. The molecular formula is C22H25FNO5P. The van der Waals surface area contributed by atoms with E-state index in [2.05, 4.69) is 16.8 Å². The van der Waals surface area contributed by atoms with Crippen molar-refractivity contribution in [3.63, 3.8) is 0 Å². The van der Waals surface area contributed by atoms with Crippen LogP contribution in [0.5, 0.6) is 0 Å². The van der Waals surface area contributed by atoms with E-state index in [4.69, 9.17) is 9.63 Å². The lowest BCUT2D eigenvalue weighted by Gasteiger charge is -2.14. The number of halogens is 1. The molecule has 6 nitrogen and oxygen atoms in total. The number of carbonyl (C=O) groups is 1. The summed E-state index contributed by atoms with van der Waals surface area (Å²) in [5.41, 5.74) is 3.93. The van der Waals surface area contributed by atoms with Gasteiger partial charge in [0.1, 0.15) is 12.4 Å². The number of aliphatic carboxylic acids is 1. The molecule has 2 N–H and O–H groups in total. The van der Waals surface area contributed by atoms with Crippen LogP contribution in [0.1, 0.15) is 43.1 Å². The van der Waals surface area contributed by atoms with Gasteiger partial charge < -0.3 is 14.7 Å². The van der Waals surface area contributed by atoms with Crippen molar-refractivity contribution in [3.05, 3.63) is 53.1 Å². The Hall–Kier alpha value is -2.52. The fraction of sp³-hybridized carbons (Fsp3) is 0.364. The van der Waals surface area contributed by atoms with E-state index in [-0.39, 0.29) is 24.5 Å². The largest absolute Gasteiger partial charge is 0.481 e. The number of hydrogen-bond donors (Lipinski definition) is 2. The topological polar surface area (TPSA) is 96.7 Å². The number of pyridine rings is 1. The Kier molecular flexibility index (Phi) is 8.73. The molecule has 0 saturated heterocycles. The van der Waals surface area contributed by atoms with Crippen LogP contribution < -0.4 is 0 Å². The van der Waals surface area contributed by atoms with E-state index < -0.39 is 26.5 Å². The van der Waals surface area contributed by atoms with Gasteiger partial charge in [0, 0.05) is 17.4 Å². The van der Waals surface area contributed by atoms with Crippen LogP contribution in [0, 0.1) is 24.6 Å². The number of aryl methyl sites for hydroxylation is 1. The molecule has 0 aliphatic heterocycles. The average molecular weight is 433 g/mol. The summed E-state index contributed by atoms with van der Waals surface area (Å²) in [6.07, 6.45) is -1.94. The zero-order valence-electron chi connectivity index (χ0n) is 17.1. The molecule has 1 aromatic carbocycles. The third-order valence-corrected chi connectivity index (χ3v) is 5.48. The standard InChI is InChI=1S/C22H25FNO5P/c1-14(2)22-19(5-4-10-29-30(28)13-18(25)12-21(26)27)20(11-15(3)24-22)16-6-8-17(23)9-7-16/h6-9,11,14,18,25,30H,10,12-13H2,1-3H3,(H,26,27)/t18-/m0/s1. The van der Waals surface area contributed by atoms with Gasteiger partial charge in [0.15, 0.2) is 8.03 Å². The molecular weight excluding hydrogens is 408 g/mol. The van der Waals surface area contributed by atoms with E-state index in [1.54, 1.807) is 12.1 Å². The molecule has 2 atom stereocenters. The summed E-state index contributed by atoms with van der Waals surface area (Å²) in [4.78, 5) is 15.1. The normalized spacial score (nSPS) is 12.9. The quantitative estimate of drug-likeness (QED) is 0.483. The van der Waals surface area contributed by atoms with E-state index in [0.717, 1.165) is 22.5 Å². The minimum atomic E-state index is -2.61. The Morgan fingerprint density at radius 1 is 1.30 bits per heavy atom. The molecule has 30 heavy (non-hydrogen) atoms. The number of benzene rings is 1. The number of aliphatic hydroxyl groups is 1. The molecule has 8 heteroatoms. The molecule has 0 aliphatic rings. The molecule has 0 radical (unpaired) electrons. The molecule has 0 amide bonds. The first kappa shape index (κ1) is 23.8. The molecule has 2 rings (SSSR count). The van der Waals surface area contributed by atoms with E-state index in [1.807, 2.05) is 26.8 Å². The predicted octanol–water partition coefficient (Wildman–Crippen LogP) is 4.00. The predicted molar refractivity (Wildman–Crippen MR) is 113 cm³/mol. The number of nitrogens with zero attached hydrogens (tertiary/aromatic N) is 1. The third kappa shape index (κ3) is 7.07. The van der Waals surface area contributed by atoms with Gasteiger partial charge in [0.05, 0.1) is 23.8 Å². The summed E-state index contributed by atoms with van der Waals surface area (Å²) in [6, 6.07) is 8.01. The molecule has 0 spiro atoms. The molecule has 0 bridgehead atoms. The van der Waals surface area contributed by atoms with Gasteiger partial charge in [0.2, 0.25) is 0 Å². The highest BCUT2D eigenvalue weighted by Crippen LogP contribution is 2.30. The summed E-state index contributed by atoms with van der Waals surface area (Å²) in [7, 11) is -2.61. The first-order chi connectivity index (χ1) is 14.2. The van der Waals surface area contributed by atoms with Gasteiger partial charge in [-0.2, -0.15) is 0 Å². The minimum Gasteiger partial charge on any atom is -0.481 e. The van der Waals surface area contributed by atoms with E-state index in [0.29, 0.717) is 5.56 Å². The molecule has 0 aliphatic carbocycles. The highest BCUT2D eigenvalue weighted by Gasteiger charge is 2.15. The Morgan fingerprint density at radius 2 is 1.97 bits per heavy atom. The van der Waals surface area contributed by atoms with Crippen molar-refractivity contribution in [1.29, 1.82) is 0 Å². The summed E-state index contributed by atoms with van der Waals surface area (Å²) < 4.78 is 30.4. The summed E-state index contributed by atoms with van der Waals surface area (Å²) in [6.45, 7) is 5.75. The van der Waals surface area contributed by atoms with Crippen molar-refractivity contribution in [2.75, 3.05) is 12.8 Å². The Balaban J connectivity index is 2.23. The van der Waals surface area contributed by atoms with Gasteiger partial charge in [-0.15, -0.1) is 0 Å². The second-order valence-electron chi connectivity index (χ2n) is 7.15. The fourth-order valence-electron chi connectivity index (χ4n) is 2.87. The van der Waals surface area contributed by atoms with E-state index in [1.165, 1.54) is 12.1 Å². The summed E-state index contributed by atoms with van der Waals surface area (Å²) in [5.74, 6) is 4.46. The van der Waals surface area contributed by atoms with Crippen LogP contribution in [0.25, 0.3) is 11.1 Å². The fourth-order valence-corrected chi connectivity index (χ4v) is 3.75. The lowest BCUT2D eigenvalue weighted by atomic mass is 9.94. The third-order valence-electron chi connectivity index (χ3n) is 4.21. The minimum absolute atomic E-state index is 0.0969. The van der Waals surface area contributed by atoms with Crippen LogP contribution in [0.15, 0.2) is 30.3 Å². The van der Waals surface area contributed by atoms with Crippen molar-refractivity contribution in [2.45, 2.75) is 39.2 Å². The summed E-state index contributed by atoms with van der Waals surface area (Å²) >= 11 is 0. The Labute approximate surface area is 176 Å². The molecule has 0 fully saturated rings. The zero-order valence-corrected chi connectivity index (χ0v) is 18.1. The van der Waals surface area contributed by atoms with Gasteiger partial charge in [0.25, 0.3) is 0 Å². The zero-order chi connectivity index (χ0) is 22.3. The second kappa shape index (κ2) is 11.0. The maximum atomic E-state index is 13.3. The van der Waals surface area contributed by atoms with Crippen LogP contribution in [-0.4, -0.2) is 40.0 Å². The van der Waals surface area contributed by atoms with Crippen molar-refractivity contribution < 1.29 is 28.5 Å². The van der Waals surface area contributed by atoms with Crippen molar-refractivity contribution >= 4 is 14.0 Å². The van der Waals surface area contributed by atoms with Crippen molar-refractivity contribution in [2.24, 2.45) is 0 Å². The van der Waals surface area contributed by atoms with Gasteiger partial charge >= 0.3 is 5.97 Å². The maximum Gasteiger partial charge on any atom is 0.305 e. The molecule has 1 unspecified atom stereocenters.